The van der Waals surface area contributed by atoms with Crippen LogP contribution in [-0.4, -0.2) is 24.1 Å². The SMILES string of the molecule is OCCCCC1=NCC=CN1. The summed E-state index contributed by atoms with van der Waals surface area (Å²) in [5, 5.41) is 11.6. The Morgan fingerprint density at radius 2 is 2.45 bits per heavy atom. The fourth-order valence-corrected chi connectivity index (χ4v) is 0.972. The van der Waals surface area contributed by atoms with Gasteiger partial charge in [0.05, 0.1) is 6.54 Å². The van der Waals surface area contributed by atoms with E-state index in [9.17, 15) is 0 Å². The molecule has 0 aromatic heterocycles. The summed E-state index contributed by atoms with van der Waals surface area (Å²) >= 11 is 0. The molecule has 62 valence electrons. The molecule has 1 rings (SSSR count). The van der Waals surface area contributed by atoms with Crippen LogP contribution in [0.3, 0.4) is 0 Å². The van der Waals surface area contributed by atoms with Gasteiger partial charge in [-0.15, -0.1) is 0 Å². The van der Waals surface area contributed by atoms with Crippen LogP contribution in [0.4, 0.5) is 0 Å². The average molecular weight is 154 g/mol. The number of nitrogens with zero attached hydrogens (tertiary/aromatic N) is 1. The van der Waals surface area contributed by atoms with Crippen LogP contribution >= 0.6 is 0 Å². The van der Waals surface area contributed by atoms with Crippen molar-refractivity contribution in [2.45, 2.75) is 19.3 Å². The van der Waals surface area contributed by atoms with Crippen molar-refractivity contribution >= 4 is 5.84 Å². The summed E-state index contributed by atoms with van der Waals surface area (Å²) in [6.07, 6.45) is 6.72. The first-order valence-corrected chi connectivity index (χ1v) is 3.99. The summed E-state index contributed by atoms with van der Waals surface area (Å²) in [5.41, 5.74) is 0. The van der Waals surface area contributed by atoms with E-state index in [0.717, 1.165) is 31.6 Å². The molecule has 0 aliphatic carbocycles. The third kappa shape index (κ3) is 3.18. The maximum absolute atomic E-state index is 8.52. The average Bonchev–Trinajstić information content (AvgIpc) is 2.07. The van der Waals surface area contributed by atoms with Crippen LogP contribution in [0.5, 0.6) is 0 Å². The third-order valence-corrected chi connectivity index (χ3v) is 1.58. The number of unbranched alkanes of at least 4 members (excludes halogenated alkanes) is 1. The van der Waals surface area contributed by atoms with Gasteiger partial charge in [0.2, 0.25) is 0 Å². The van der Waals surface area contributed by atoms with Crippen LogP contribution < -0.4 is 5.32 Å². The maximum atomic E-state index is 8.52. The number of aliphatic imine (C=N–C) groups is 1. The minimum atomic E-state index is 0.281. The van der Waals surface area contributed by atoms with E-state index < -0.39 is 0 Å². The van der Waals surface area contributed by atoms with Crippen LogP contribution in [0, 0.1) is 0 Å². The summed E-state index contributed by atoms with van der Waals surface area (Å²) in [5.74, 6) is 1.04. The van der Waals surface area contributed by atoms with Gasteiger partial charge >= 0.3 is 0 Å². The highest BCUT2D eigenvalue weighted by atomic mass is 16.2. The van der Waals surface area contributed by atoms with Gasteiger partial charge in [-0.25, -0.2) is 0 Å². The number of hydrogen-bond donors (Lipinski definition) is 2. The first-order chi connectivity index (χ1) is 5.43. The fourth-order valence-electron chi connectivity index (χ4n) is 0.972. The molecule has 0 amide bonds. The molecule has 3 heteroatoms. The first-order valence-electron chi connectivity index (χ1n) is 3.99. The van der Waals surface area contributed by atoms with E-state index in [1.54, 1.807) is 0 Å². The Balaban J connectivity index is 2.11. The summed E-state index contributed by atoms with van der Waals surface area (Å²) in [4.78, 5) is 4.24. The molecule has 0 fully saturated rings. The molecule has 0 aromatic rings. The number of amidine groups is 1. The molecule has 1 aliphatic rings. The predicted molar refractivity (Wildman–Crippen MR) is 45.5 cm³/mol. The van der Waals surface area contributed by atoms with Gasteiger partial charge in [0.25, 0.3) is 0 Å². The standard InChI is InChI=1S/C8H14N2O/c11-7-2-1-4-8-9-5-3-6-10-8/h3,5,11H,1-2,4,6-7H2,(H,9,10). The van der Waals surface area contributed by atoms with E-state index in [-0.39, 0.29) is 6.61 Å². The zero-order chi connectivity index (χ0) is 7.94. The zero-order valence-corrected chi connectivity index (χ0v) is 6.58. The van der Waals surface area contributed by atoms with Crippen LogP contribution in [0.1, 0.15) is 19.3 Å². The molecule has 0 spiro atoms. The van der Waals surface area contributed by atoms with Crippen LogP contribution in [0.25, 0.3) is 0 Å². The lowest BCUT2D eigenvalue weighted by Crippen LogP contribution is -2.20. The Hall–Kier alpha value is -0.830. The van der Waals surface area contributed by atoms with Crippen molar-refractivity contribution in [3.05, 3.63) is 12.3 Å². The van der Waals surface area contributed by atoms with Crippen molar-refractivity contribution in [1.82, 2.24) is 5.32 Å². The largest absolute Gasteiger partial charge is 0.396 e. The van der Waals surface area contributed by atoms with Crippen molar-refractivity contribution in [1.29, 1.82) is 0 Å². The maximum Gasteiger partial charge on any atom is 0.101 e. The van der Waals surface area contributed by atoms with Crippen molar-refractivity contribution in [2.24, 2.45) is 4.99 Å². The Morgan fingerprint density at radius 1 is 1.55 bits per heavy atom. The third-order valence-electron chi connectivity index (χ3n) is 1.58. The number of aliphatic hydroxyl groups is 1. The van der Waals surface area contributed by atoms with Gasteiger partial charge in [-0.05, 0) is 25.1 Å². The molecule has 0 unspecified atom stereocenters. The molecular weight excluding hydrogens is 140 g/mol. The van der Waals surface area contributed by atoms with E-state index in [0.29, 0.717) is 0 Å². The van der Waals surface area contributed by atoms with Crippen molar-refractivity contribution < 1.29 is 5.11 Å². The molecule has 0 bridgehead atoms. The fraction of sp³-hybridized carbons (Fsp3) is 0.625. The molecule has 0 saturated heterocycles. The molecule has 0 atom stereocenters. The van der Waals surface area contributed by atoms with Gasteiger partial charge in [0.1, 0.15) is 5.84 Å². The lowest BCUT2D eigenvalue weighted by Gasteiger charge is -2.08. The highest BCUT2D eigenvalue weighted by Gasteiger charge is 1.98. The summed E-state index contributed by atoms with van der Waals surface area (Å²) in [6, 6.07) is 0. The van der Waals surface area contributed by atoms with Crippen LogP contribution in [-0.2, 0) is 0 Å². The molecular formula is C8H14N2O. The smallest absolute Gasteiger partial charge is 0.101 e. The molecule has 2 N–H and O–H groups in total. The highest BCUT2D eigenvalue weighted by Crippen LogP contribution is 1.98. The van der Waals surface area contributed by atoms with E-state index >= 15 is 0 Å². The van der Waals surface area contributed by atoms with E-state index in [1.165, 1.54) is 0 Å². The van der Waals surface area contributed by atoms with Crippen molar-refractivity contribution in [2.75, 3.05) is 13.2 Å². The first kappa shape index (κ1) is 8.27. The van der Waals surface area contributed by atoms with Crippen molar-refractivity contribution in [3.8, 4) is 0 Å². The molecule has 0 radical (unpaired) electrons. The second-order valence-electron chi connectivity index (χ2n) is 2.51. The monoisotopic (exact) mass is 154 g/mol. The summed E-state index contributed by atoms with van der Waals surface area (Å²) in [7, 11) is 0. The minimum Gasteiger partial charge on any atom is -0.396 e. The van der Waals surface area contributed by atoms with E-state index in [1.807, 2.05) is 12.3 Å². The van der Waals surface area contributed by atoms with Gasteiger partial charge in [-0.1, -0.05) is 0 Å². The lowest BCUT2D eigenvalue weighted by atomic mass is 10.2. The Labute approximate surface area is 66.8 Å². The second kappa shape index (κ2) is 4.91. The van der Waals surface area contributed by atoms with Gasteiger partial charge in [0, 0.05) is 13.0 Å². The summed E-state index contributed by atoms with van der Waals surface area (Å²) < 4.78 is 0. The highest BCUT2D eigenvalue weighted by molar-refractivity contribution is 5.83. The number of hydrogen-bond acceptors (Lipinski definition) is 3. The van der Waals surface area contributed by atoms with Crippen LogP contribution in [0.2, 0.25) is 0 Å². The van der Waals surface area contributed by atoms with Gasteiger partial charge in [0.15, 0.2) is 0 Å². The molecule has 1 aliphatic heterocycles. The quantitative estimate of drug-likeness (QED) is 0.584. The minimum absolute atomic E-state index is 0.281. The van der Waals surface area contributed by atoms with Gasteiger partial charge in [-0.3, -0.25) is 4.99 Å². The number of aliphatic hydroxyl groups excluding tert-OH is 1. The van der Waals surface area contributed by atoms with Gasteiger partial charge in [-0.2, -0.15) is 0 Å². The normalized spacial score (nSPS) is 15.9. The Kier molecular flexibility index (Phi) is 3.69. The van der Waals surface area contributed by atoms with Gasteiger partial charge < -0.3 is 10.4 Å². The van der Waals surface area contributed by atoms with Crippen LogP contribution in [0.15, 0.2) is 17.3 Å². The van der Waals surface area contributed by atoms with Crippen molar-refractivity contribution in [3.63, 3.8) is 0 Å². The Morgan fingerprint density at radius 3 is 3.09 bits per heavy atom. The lowest BCUT2D eigenvalue weighted by molar-refractivity contribution is 0.285. The topological polar surface area (TPSA) is 44.6 Å². The number of nitrogens with one attached hydrogen (secondary N) is 1. The molecule has 11 heavy (non-hydrogen) atoms. The predicted octanol–water partition coefficient (Wildman–Crippen LogP) is 0.664. The second-order valence-corrected chi connectivity index (χ2v) is 2.51. The molecule has 0 aromatic carbocycles. The zero-order valence-electron chi connectivity index (χ0n) is 6.58. The molecule has 0 saturated carbocycles. The molecule has 1 heterocycles. The Bertz CT molecular complexity index is 163. The number of rotatable bonds is 4. The van der Waals surface area contributed by atoms with E-state index in [2.05, 4.69) is 10.3 Å². The van der Waals surface area contributed by atoms with E-state index in [4.69, 9.17) is 5.11 Å². The molecule has 3 nitrogen and oxygen atoms in total. The summed E-state index contributed by atoms with van der Waals surface area (Å²) in [6.45, 7) is 1.07.